The molecule has 2 nitrogen and oxygen atoms in total. The van der Waals surface area contributed by atoms with E-state index in [0.29, 0.717) is 0 Å². The van der Waals surface area contributed by atoms with E-state index in [0.717, 1.165) is 18.3 Å². The Morgan fingerprint density at radius 3 is 2.73 bits per heavy atom. The van der Waals surface area contributed by atoms with Crippen molar-refractivity contribution < 1.29 is 0 Å². The number of hydrogen-bond donors (Lipinski definition) is 0. The quantitative estimate of drug-likeness (QED) is 0.741. The normalized spacial score (nSPS) is 15.5. The highest BCUT2D eigenvalue weighted by atomic mass is 15.1. The lowest BCUT2D eigenvalue weighted by molar-refractivity contribution is 0.632. The summed E-state index contributed by atoms with van der Waals surface area (Å²) in [6.45, 7) is 1.13. The molecule has 0 N–H and O–H groups in total. The second-order valence-corrected chi connectivity index (χ2v) is 4.21. The maximum Gasteiger partial charge on any atom is 0.139 e. The highest BCUT2D eigenvalue weighted by Gasteiger charge is 2.22. The Balaban J connectivity index is 1.93. The van der Waals surface area contributed by atoms with Crippen molar-refractivity contribution in [3.05, 3.63) is 42.7 Å². The lowest BCUT2D eigenvalue weighted by Crippen LogP contribution is -2.00. The molecule has 0 radical (unpaired) electrons. The second kappa shape index (κ2) is 3.54. The lowest BCUT2D eigenvalue weighted by atomic mass is 10.2. The molecule has 1 aliphatic rings. The summed E-state index contributed by atoms with van der Waals surface area (Å²) in [4.78, 5) is 4.43. The fraction of sp³-hybridized carbons (Fsp3) is 0.308. The Morgan fingerprint density at radius 1 is 1.20 bits per heavy atom. The molecule has 15 heavy (non-hydrogen) atoms. The van der Waals surface area contributed by atoms with Crippen molar-refractivity contribution in [1.82, 2.24) is 9.55 Å². The zero-order valence-electron chi connectivity index (χ0n) is 8.63. The van der Waals surface area contributed by atoms with Crippen molar-refractivity contribution >= 4 is 0 Å². The first-order valence-electron chi connectivity index (χ1n) is 5.50. The second-order valence-electron chi connectivity index (χ2n) is 4.21. The van der Waals surface area contributed by atoms with Gasteiger partial charge in [-0.1, -0.05) is 30.3 Å². The molecular weight excluding hydrogens is 184 g/mol. The molecule has 3 rings (SSSR count). The number of rotatable bonds is 3. The van der Waals surface area contributed by atoms with Gasteiger partial charge in [0.2, 0.25) is 0 Å². The molecule has 2 heteroatoms. The van der Waals surface area contributed by atoms with Crippen LogP contribution in [0.2, 0.25) is 0 Å². The number of nitrogens with zero attached hydrogens (tertiary/aromatic N) is 2. The summed E-state index contributed by atoms with van der Waals surface area (Å²) in [5.74, 6) is 1.99. The summed E-state index contributed by atoms with van der Waals surface area (Å²) in [7, 11) is 0. The van der Waals surface area contributed by atoms with Crippen molar-refractivity contribution in [2.45, 2.75) is 19.4 Å². The number of hydrogen-bond acceptors (Lipinski definition) is 1. The van der Waals surface area contributed by atoms with Gasteiger partial charge >= 0.3 is 0 Å². The molecule has 0 atom stereocenters. The predicted octanol–water partition coefficient (Wildman–Crippen LogP) is 2.96. The van der Waals surface area contributed by atoms with Crippen molar-refractivity contribution in [3.63, 3.8) is 0 Å². The number of imidazole rings is 1. The first-order chi connectivity index (χ1) is 7.43. The van der Waals surface area contributed by atoms with E-state index >= 15 is 0 Å². The van der Waals surface area contributed by atoms with Crippen LogP contribution >= 0.6 is 0 Å². The SMILES string of the molecule is c1ccc(-c2nccn2CC2CC2)cc1. The van der Waals surface area contributed by atoms with Gasteiger partial charge in [0, 0.05) is 24.5 Å². The third-order valence-electron chi connectivity index (χ3n) is 2.90. The summed E-state index contributed by atoms with van der Waals surface area (Å²) in [5.41, 5.74) is 1.21. The molecule has 0 aliphatic heterocycles. The molecule has 0 amide bonds. The van der Waals surface area contributed by atoms with E-state index in [2.05, 4.69) is 40.0 Å². The van der Waals surface area contributed by atoms with Crippen LogP contribution in [0.1, 0.15) is 12.8 Å². The Morgan fingerprint density at radius 2 is 2.00 bits per heavy atom. The van der Waals surface area contributed by atoms with Gasteiger partial charge in [-0.3, -0.25) is 0 Å². The Labute approximate surface area is 89.6 Å². The molecule has 1 aliphatic carbocycles. The van der Waals surface area contributed by atoms with Crippen LogP contribution < -0.4 is 0 Å². The first kappa shape index (κ1) is 8.72. The van der Waals surface area contributed by atoms with Crippen LogP contribution in [0, 0.1) is 5.92 Å². The number of aromatic nitrogens is 2. The van der Waals surface area contributed by atoms with Crippen molar-refractivity contribution in [2.75, 3.05) is 0 Å². The topological polar surface area (TPSA) is 17.8 Å². The summed E-state index contributed by atoms with van der Waals surface area (Å²) < 4.78 is 2.27. The van der Waals surface area contributed by atoms with Crippen molar-refractivity contribution in [1.29, 1.82) is 0 Å². The average molecular weight is 198 g/mol. The predicted molar refractivity (Wildman–Crippen MR) is 60.4 cm³/mol. The molecule has 1 saturated carbocycles. The zero-order chi connectivity index (χ0) is 10.1. The van der Waals surface area contributed by atoms with E-state index in [-0.39, 0.29) is 0 Å². The van der Waals surface area contributed by atoms with Crippen LogP contribution in [0.4, 0.5) is 0 Å². The van der Waals surface area contributed by atoms with Gasteiger partial charge in [0.15, 0.2) is 0 Å². The van der Waals surface area contributed by atoms with Crippen molar-refractivity contribution in [3.8, 4) is 11.4 Å². The molecule has 76 valence electrons. The van der Waals surface area contributed by atoms with Crippen LogP contribution in [-0.4, -0.2) is 9.55 Å². The Bertz CT molecular complexity index is 441. The first-order valence-corrected chi connectivity index (χ1v) is 5.50. The van der Waals surface area contributed by atoms with E-state index < -0.39 is 0 Å². The van der Waals surface area contributed by atoms with Gasteiger partial charge in [0.25, 0.3) is 0 Å². The summed E-state index contributed by atoms with van der Waals surface area (Å²) in [6, 6.07) is 10.4. The molecule has 2 aromatic rings. The fourth-order valence-corrected chi connectivity index (χ4v) is 1.88. The maximum atomic E-state index is 4.43. The monoisotopic (exact) mass is 198 g/mol. The van der Waals surface area contributed by atoms with Crippen LogP contribution in [0.25, 0.3) is 11.4 Å². The maximum absolute atomic E-state index is 4.43. The lowest BCUT2D eigenvalue weighted by Gasteiger charge is -2.06. The molecular formula is C13H14N2. The standard InChI is InChI=1S/C13H14N2/c1-2-4-12(5-3-1)13-14-8-9-15(13)10-11-6-7-11/h1-5,8-9,11H,6-7,10H2. The van der Waals surface area contributed by atoms with E-state index in [4.69, 9.17) is 0 Å². The van der Waals surface area contributed by atoms with Gasteiger partial charge in [0.1, 0.15) is 5.82 Å². The zero-order valence-corrected chi connectivity index (χ0v) is 8.63. The van der Waals surface area contributed by atoms with Gasteiger partial charge in [-0.25, -0.2) is 4.98 Å². The highest BCUT2D eigenvalue weighted by molar-refractivity contribution is 5.55. The molecule has 1 aromatic heterocycles. The number of benzene rings is 1. The molecule has 1 aromatic carbocycles. The van der Waals surface area contributed by atoms with Crippen LogP contribution in [0.5, 0.6) is 0 Å². The van der Waals surface area contributed by atoms with Crippen LogP contribution in [-0.2, 0) is 6.54 Å². The fourth-order valence-electron chi connectivity index (χ4n) is 1.88. The van der Waals surface area contributed by atoms with Crippen LogP contribution in [0.3, 0.4) is 0 Å². The molecule has 0 bridgehead atoms. The van der Waals surface area contributed by atoms with E-state index in [1.54, 1.807) is 0 Å². The Kier molecular flexibility index (Phi) is 2.05. The summed E-state index contributed by atoms with van der Waals surface area (Å²) >= 11 is 0. The molecule has 0 spiro atoms. The third-order valence-corrected chi connectivity index (χ3v) is 2.90. The third kappa shape index (κ3) is 1.80. The van der Waals surface area contributed by atoms with E-state index in [1.165, 1.54) is 18.4 Å². The minimum absolute atomic E-state index is 0.890. The Hall–Kier alpha value is -1.57. The average Bonchev–Trinajstić information content (AvgIpc) is 2.96. The van der Waals surface area contributed by atoms with Gasteiger partial charge in [0.05, 0.1) is 0 Å². The molecule has 1 fully saturated rings. The highest BCUT2D eigenvalue weighted by Crippen LogP contribution is 2.32. The smallest absolute Gasteiger partial charge is 0.139 e. The van der Waals surface area contributed by atoms with Crippen LogP contribution in [0.15, 0.2) is 42.7 Å². The van der Waals surface area contributed by atoms with Gasteiger partial charge in [-0.2, -0.15) is 0 Å². The minimum atomic E-state index is 0.890. The summed E-state index contributed by atoms with van der Waals surface area (Å²) in [6.07, 6.45) is 6.74. The van der Waals surface area contributed by atoms with E-state index in [9.17, 15) is 0 Å². The summed E-state index contributed by atoms with van der Waals surface area (Å²) in [5, 5.41) is 0. The molecule has 1 heterocycles. The van der Waals surface area contributed by atoms with Gasteiger partial charge in [-0.05, 0) is 18.8 Å². The van der Waals surface area contributed by atoms with Gasteiger partial charge in [-0.15, -0.1) is 0 Å². The van der Waals surface area contributed by atoms with E-state index in [1.807, 2.05) is 12.3 Å². The molecule has 0 saturated heterocycles. The molecule has 0 unspecified atom stereocenters. The van der Waals surface area contributed by atoms with Gasteiger partial charge < -0.3 is 4.57 Å². The van der Waals surface area contributed by atoms with Crippen molar-refractivity contribution in [2.24, 2.45) is 5.92 Å². The largest absolute Gasteiger partial charge is 0.331 e. The minimum Gasteiger partial charge on any atom is -0.331 e.